The molecule has 0 unspecified atom stereocenters. The second-order valence-electron chi connectivity index (χ2n) is 8.12. The Morgan fingerprint density at radius 2 is 1.86 bits per heavy atom. The van der Waals surface area contributed by atoms with E-state index in [1.807, 2.05) is 0 Å². The van der Waals surface area contributed by atoms with E-state index in [4.69, 9.17) is 9.52 Å². The first-order valence-corrected chi connectivity index (χ1v) is 12.5. The van der Waals surface area contributed by atoms with E-state index in [0.717, 1.165) is 25.0 Å². The van der Waals surface area contributed by atoms with E-state index in [1.165, 1.54) is 38.4 Å². The minimum absolute atomic E-state index is 0.113. The highest BCUT2D eigenvalue weighted by molar-refractivity contribution is 7.88. The molecule has 1 saturated heterocycles. The third-order valence-corrected chi connectivity index (χ3v) is 7.94. The van der Waals surface area contributed by atoms with Crippen molar-refractivity contribution < 1.29 is 12.9 Å². The van der Waals surface area contributed by atoms with Crippen LogP contribution in [0.5, 0.6) is 0 Å². The van der Waals surface area contributed by atoms with Crippen LogP contribution < -0.4 is 5.32 Å². The van der Waals surface area contributed by atoms with E-state index >= 15 is 0 Å². The number of sulfonamides is 1. The summed E-state index contributed by atoms with van der Waals surface area (Å²) in [6.45, 7) is 8.26. The van der Waals surface area contributed by atoms with Gasteiger partial charge in [0.05, 0.1) is 5.69 Å². The number of piperazine rings is 1. The van der Waals surface area contributed by atoms with Crippen LogP contribution in [0.4, 0.5) is 0 Å². The largest absolute Gasteiger partial charge is 0.364 e. The summed E-state index contributed by atoms with van der Waals surface area (Å²) in [6, 6.07) is 1.59. The predicted octanol–water partition coefficient (Wildman–Crippen LogP) is 2.30. The van der Waals surface area contributed by atoms with E-state index in [2.05, 4.69) is 29.2 Å². The van der Waals surface area contributed by atoms with Gasteiger partial charge in [0.25, 0.3) is 0 Å². The van der Waals surface area contributed by atoms with E-state index in [1.54, 1.807) is 10.4 Å². The van der Waals surface area contributed by atoms with Gasteiger partial charge in [-0.05, 0) is 31.6 Å². The fourth-order valence-electron chi connectivity index (χ4n) is 4.23. The maximum Gasteiger partial charge on any atom is 0.220 e. The molecule has 29 heavy (non-hydrogen) atoms. The highest BCUT2D eigenvalue weighted by Crippen LogP contribution is 2.30. The number of nitrogens with zero attached hydrogens (tertiary/aromatic N) is 4. The van der Waals surface area contributed by atoms with Crippen LogP contribution in [0.1, 0.15) is 51.6 Å². The smallest absolute Gasteiger partial charge is 0.220 e. The quantitative estimate of drug-likeness (QED) is 0.532. The van der Waals surface area contributed by atoms with Crippen molar-refractivity contribution in [2.24, 2.45) is 16.8 Å². The Hall–Kier alpha value is -1.61. The Morgan fingerprint density at radius 1 is 1.17 bits per heavy atom. The van der Waals surface area contributed by atoms with Gasteiger partial charge in [0.2, 0.25) is 10.0 Å². The molecule has 164 valence electrons. The van der Waals surface area contributed by atoms with Crippen LogP contribution in [0, 0.1) is 11.8 Å². The lowest BCUT2D eigenvalue weighted by molar-refractivity contribution is 0.255. The number of hydrogen-bond acceptors (Lipinski definition) is 5. The van der Waals surface area contributed by atoms with Crippen LogP contribution in [-0.2, 0) is 15.8 Å². The molecule has 0 atom stereocenters. The summed E-state index contributed by atoms with van der Waals surface area (Å²) in [7, 11) is -3.38. The maximum absolute atomic E-state index is 12.6. The topological polar surface area (TPSA) is 91.0 Å². The number of rotatable bonds is 7. The second kappa shape index (κ2) is 10.4. The fraction of sp³-hybridized carbons (Fsp3) is 0.800. The Balaban J connectivity index is 1.52. The number of aliphatic imine (C=N–C) groups is 1. The van der Waals surface area contributed by atoms with Crippen molar-refractivity contribution in [1.82, 2.24) is 19.7 Å². The molecule has 2 fully saturated rings. The van der Waals surface area contributed by atoms with Gasteiger partial charge in [-0.3, -0.25) is 4.99 Å². The molecule has 0 spiro atoms. The third kappa shape index (κ3) is 6.18. The maximum atomic E-state index is 12.6. The minimum atomic E-state index is -3.38. The highest BCUT2D eigenvalue weighted by atomic mass is 32.2. The molecule has 1 aliphatic heterocycles. The van der Waals surface area contributed by atoms with E-state index in [9.17, 15) is 8.42 Å². The molecule has 1 aliphatic carbocycles. The first-order valence-electron chi connectivity index (χ1n) is 10.9. The molecule has 0 radical (unpaired) electrons. The molecule has 1 N–H and O–H groups in total. The molecule has 8 nitrogen and oxygen atoms in total. The van der Waals surface area contributed by atoms with Crippen molar-refractivity contribution in [3.05, 3.63) is 18.0 Å². The Kier molecular flexibility index (Phi) is 7.94. The number of aromatic nitrogens is 1. The summed E-state index contributed by atoms with van der Waals surface area (Å²) in [4.78, 5) is 7.08. The fourth-order valence-corrected chi connectivity index (χ4v) is 5.66. The highest BCUT2D eigenvalue weighted by Gasteiger charge is 2.29. The van der Waals surface area contributed by atoms with Gasteiger partial charge in [-0.2, -0.15) is 4.31 Å². The molecule has 3 rings (SSSR count). The average Bonchev–Trinajstić information content (AvgIpc) is 3.24. The van der Waals surface area contributed by atoms with Crippen molar-refractivity contribution in [3.8, 4) is 0 Å². The van der Waals surface area contributed by atoms with Gasteiger partial charge in [-0.25, -0.2) is 8.42 Å². The van der Waals surface area contributed by atoms with E-state index in [-0.39, 0.29) is 5.75 Å². The predicted molar refractivity (Wildman–Crippen MR) is 114 cm³/mol. The molecule has 2 heterocycles. The van der Waals surface area contributed by atoms with Crippen LogP contribution in [0.15, 0.2) is 21.8 Å². The normalized spacial score (nSPS) is 24.6. The van der Waals surface area contributed by atoms with Crippen LogP contribution in [0.25, 0.3) is 0 Å². The molecular formula is C20H35N5O3S. The summed E-state index contributed by atoms with van der Waals surface area (Å²) in [5.74, 6) is 2.38. The lowest BCUT2D eigenvalue weighted by Crippen LogP contribution is -2.54. The zero-order valence-electron chi connectivity index (χ0n) is 17.7. The Bertz CT molecular complexity index is 734. The average molecular weight is 426 g/mol. The van der Waals surface area contributed by atoms with Gasteiger partial charge >= 0.3 is 0 Å². The molecule has 9 heteroatoms. The summed E-state index contributed by atoms with van der Waals surface area (Å²) in [5.41, 5.74) is 0.445. The lowest BCUT2D eigenvalue weighted by Gasteiger charge is -2.36. The second-order valence-corrected chi connectivity index (χ2v) is 10.1. The molecule has 2 aliphatic rings. The van der Waals surface area contributed by atoms with Crippen LogP contribution >= 0.6 is 0 Å². The van der Waals surface area contributed by atoms with Crippen LogP contribution in [-0.4, -0.2) is 68.0 Å². The van der Waals surface area contributed by atoms with Gasteiger partial charge in [-0.15, -0.1) is 0 Å². The molecule has 0 amide bonds. The van der Waals surface area contributed by atoms with Gasteiger partial charge < -0.3 is 14.7 Å². The summed E-state index contributed by atoms with van der Waals surface area (Å²) in [6.07, 6.45) is 7.90. The molecule has 0 bridgehead atoms. The van der Waals surface area contributed by atoms with Gasteiger partial charge in [0.1, 0.15) is 12.0 Å². The monoisotopic (exact) mass is 425 g/mol. The SMILES string of the molecule is CCNC(=NCC1CCC(CC)CC1)N1CCN(S(=O)(=O)Cc2ccon2)CC1. The third-order valence-electron chi connectivity index (χ3n) is 6.13. The molecule has 1 aromatic heterocycles. The first kappa shape index (κ1) is 22.1. The number of nitrogens with one attached hydrogen (secondary N) is 1. The van der Waals surface area contributed by atoms with Crippen molar-refractivity contribution >= 4 is 16.0 Å². The van der Waals surface area contributed by atoms with Crippen molar-refractivity contribution in [3.63, 3.8) is 0 Å². The van der Waals surface area contributed by atoms with Gasteiger partial charge in [0.15, 0.2) is 5.96 Å². The molecular weight excluding hydrogens is 390 g/mol. The zero-order valence-corrected chi connectivity index (χ0v) is 18.5. The van der Waals surface area contributed by atoms with Crippen molar-refractivity contribution in [1.29, 1.82) is 0 Å². The molecule has 1 aromatic rings. The zero-order chi connectivity index (χ0) is 20.7. The Morgan fingerprint density at radius 3 is 2.45 bits per heavy atom. The number of hydrogen-bond donors (Lipinski definition) is 1. The van der Waals surface area contributed by atoms with E-state index < -0.39 is 10.0 Å². The van der Waals surface area contributed by atoms with E-state index in [0.29, 0.717) is 37.8 Å². The number of guanidine groups is 1. The molecule has 0 aromatic carbocycles. The summed E-state index contributed by atoms with van der Waals surface area (Å²) in [5, 5.41) is 7.11. The summed E-state index contributed by atoms with van der Waals surface area (Å²) >= 11 is 0. The Labute approximate surface area is 174 Å². The summed E-state index contributed by atoms with van der Waals surface area (Å²) < 4.78 is 31.5. The van der Waals surface area contributed by atoms with Crippen LogP contribution in [0.2, 0.25) is 0 Å². The van der Waals surface area contributed by atoms with Crippen molar-refractivity contribution in [2.75, 3.05) is 39.3 Å². The first-order chi connectivity index (χ1) is 14.0. The van der Waals surface area contributed by atoms with Crippen molar-refractivity contribution in [2.45, 2.75) is 51.7 Å². The standard InChI is InChI=1S/C20H35N5O3S/c1-3-17-5-7-18(8-6-17)15-22-20(21-4-2)24-10-12-25(13-11-24)29(26,27)16-19-9-14-28-23-19/h9,14,17-18H,3-8,10-13,15-16H2,1-2H3,(H,21,22). The van der Waals surface area contributed by atoms with Crippen LogP contribution in [0.3, 0.4) is 0 Å². The van der Waals surface area contributed by atoms with Gasteiger partial charge in [-0.1, -0.05) is 31.3 Å². The minimum Gasteiger partial charge on any atom is -0.364 e. The van der Waals surface area contributed by atoms with Gasteiger partial charge in [0, 0.05) is 45.3 Å². The lowest BCUT2D eigenvalue weighted by atomic mass is 9.81. The molecule has 1 saturated carbocycles.